The molecule has 1 atom stereocenters. The molecule has 0 amide bonds. The molecule has 1 unspecified atom stereocenters. The summed E-state index contributed by atoms with van der Waals surface area (Å²) >= 11 is 0. The van der Waals surface area contributed by atoms with Crippen LogP contribution in [0.1, 0.15) is 37.8 Å². The molecule has 2 rings (SSSR count). The third-order valence-electron chi connectivity index (χ3n) is 3.46. The average molecular weight is 277 g/mol. The molecule has 1 heterocycles. The van der Waals surface area contributed by atoms with Crippen molar-refractivity contribution in [1.82, 2.24) is 10.3 Å². The fourth-order valence-electron chi connectivity index (χ4n) is 2.34. The summed E-state index contributed by atoms with van der Waals surface area (Å²) in [7, 11) is 0. The van der Waals surface area contributed by atoms with Gasteiger partial charge >= 0.3 is 0 Å². The monoisotopic (exact) mass is 277 g/mol. The molecule has 5 heteroatoms. The Kier molecular flexibility index (Phi) is 6.47. The van der Waals surface area contributed by atoms with Gasteiger partial charge in [-0.25, -0.2) is 0 Å². The first-order chi connectivity index (χ1) is 9.84. The maximum Gasteiger partial charge on any atom is 0.144 e. The molecule has 0 spiro atoms. The first-order valence-electron chi connectivity index (χ1n) is 7.32. The second kappa shape index (κ2) is 8.66. The fourth-order valence-corrected chi connectivity index (χ4v) is 2.34. The van der Waals surface area contributed by atoms with Gasteiger partial charge in [-0.15, -0.1) is 0 Å². The zero-order chi connectivity index (χ0) is 14.0. The van der Waals surface area contributed by atoms with Crippen LogP contribution in [-0.4, -0.2) is 41.6 Å². The van der Waals surface area contributed by atoms with E-state index in [0.717, 1.165) is 5.69 Å². The van der Waals surface area contributed by atoms with Crippen molar-refractivity contribution >= 4 is 6.21 Å². The minimum absolute atomic E-state index is 0.197. The van der Waals surface area contributed by atoms with Crippen LogP contribution in [0.15, 0.2) is 29.6 Å². The smallest absolute Gasteiger partial charge is 0.144 e. The van der Waals surface area contributed by atoms with Gasteiger partial charge in [0.25, 0.3) is 0 Å². The van der Waals surface area contributed by atoms with Crippen molar-refractivity contribution in [3.8, 4) is 0 Å². The van der Waals surface area contributed by atoms with Crippen molar-refractivity contribution in [3.05, 3.63) is 30.1 Å². The summed E-state index contributed by atoms with van der Waals surface area (Å²) in [6.07, 6.45) is 9.06. The number of aliphatic hydroxyl groups is 1. The van der Waals surface area contributed by atoms with E-state index in [1.165, 1.54) is 32.1 Å². The van der Waals surface area contributed by atoms with E-state index in [2.05, 4.69) is 15.5 Å². The van der Waals surface area contributed by atoms with Crippen LogP contribution in [0.3, 0.4) is 0 Å². The molecule has 110 valence electrons. The zero-order valence-electron chi connectivity index (χ0n) is 11.7. The molecule has 20 heavy (non-hydrogen) atoms. The van der Waals surface area contributed by atoms with Crippen LogP contribution in [0.5, 0.6) is 0 Å². The lowest BCUT2D eigenvalue weighted by molar-refractivity contribution is 0.0389. The molecule has 0 saturated heterocycles. The molecule has 1 aliphatic rings. The highest BCUT2D eigenvalue weighted by Gasteiger charge is 2.14. The number of aromatic nitrogens is 1. The van der Waals surface area contributed by atoms with E-state index in [9.17, 15) is 5.11 Å². The Morgan fingerprint density at radius 3 is 3.00 bits per heavy atom. The molecular weight excluding hydrogens is 254 g/mol. The van der Waals surface area contributed by atoms with Gasteiger partial charge in [-0.2, -0.15) is 0 Å². The molecule has 2 N–H and O–H groups in total. The minimum Gasteiger partial charge on any atom is -0.393 e. The van der Waals surface area contributed by atoms with Crippen LogP contribution in [-0.2, 0) is 4.84 Å². The second-order valence-electron chi connectivity index (χ2n) is 5.18. The van der Waals surface area contributed by atoms with E-state index in [-0.39, 0.29) is 6.61 Å². The van der Waals surface area contributed by atoms with Crippen molar-refractivity contribution in [2.75, 3.05) is 13.2 Å². The first-order valence-corrected chi connectivity index (χ1v) is 7.32. The summed E-state index contributed by atoms with van der Waals surface area (Å²) < 4.78 is 0. The number of hydrogen-bond donors (Lipinski definition) is 2. The van der Waals surface area contributed by atoms with E-state index in [4.69, 9.17) is 4.84 Å². The van der Waals surface area contributed by atoms with Gasteiger partial charge in [-0.3, -0.25) is 4.98 Å². The summed E-state index contributed by atoms with van der Waals surface area (Å²) in [6, 6.07) is 6.12. The Hall–Kier alpha value is -1.46. The highest BCUT2D eigenvalue weighted by atomic mass is 16.6. The third-order valence-corrected chi connectivity index (χ3v) is 3.46. The molecule has 1 fully saturated rings. The standard InChI is InChI=1S/C15H23N3O2/c19-15(11-17-13-6-2-1-3-7-13)12-20-18-10-14-8-4-5-9-16-14/h4-5,8-10,13,15,17,19H,1-3,6-7,11-12H2/b18-10+. The van der Waals surface area contributed by atoms with Gasteiger partial charge < -0.3 is 15.3 Å². The number of aliphatic hydroxyl groups excluding tert-OH is 1. The van der Waals surface area contributed by atoms with Crippen LogP contribution in [0, 0.1) is 0 Å². The van der Waals surface area contributed by atoms with E-state index < -0.39 is 6.10 Å². The summed E-state index contributed by atoms with van der Waals surface area (Å²) in [4.78, 5) is 9.17. The molecule has 0 bridgehead atoms. The molecule has 0 aromatic carbocycles. The predicted octanol–water partition coefficient (Wildman–Crippen LogP) is 1.72. The molecular formula is C15H23N3O2. The quantitative estimate of drug-likeness (QED) is 0.588. The van der Waals surface area contributed by atoms with Gasteiger partial charge in [0, 0.05) is 18.8 Å². The predicted molar refractivity (Wildman–Crippen MR) is 78.7 cm³/mol. The Labute approximate surface area is 120 Å². The molecule has 1 aromatic rings. The highest BCUT2D eigenvalue weighted by Crippen LogP contribution is 2.17. The number of oxime groups is 1. The van der Waals surface area contributed by atoms with E-state index in [1.807, 2.05) is 18.2 Å². The van der Waals surface area contributed by atoms with Crippen LogP contribution in [0.25, 0.3) is 0 Å². The molecule has 1 aromatic heterocycles. The normalized spacial score (nSPS) is 18.2. The Bertz CT molecular complexity index is 391. The molecule has 1 saturated carbocycles. The summed E-state index contributed by atoms with van der Waals surface area (Å²) in [5, 5.41) is 17.0. The second-order valence-corrected chi connectivity index (χ2v) is 5.18. The van der Waals surface area contributed by atoms with Crippen molar-refractivity contribution in [1.29, 1.82) is 0 Å². The van der Waals surface area contributed by atoms with Gasteiger partial charge in [0.2, 0.25) is 0 Å². The Balaban J connectivity index is 1.57. The Morgan fingerprint density at radius 1 is 1.40 bits per heavy atom. The lowest BCUT2D eigenvalue weighted by Gasteiger charge is -2.23. The Morgan fingerprint density at radius 2 is 2.25 bits per heavy atom. The maximum absolute atomic E-state index is 9.80. The molecule has 0 radical (unpaired) electrons. The lowest BCUT2D eigenvalue weighted by atomic mass is 9.95. The lowest BCUT2D eigenvalue weighted by Crippen LogP contribution is -2.38. The summed E-state index contributed by atoms with van der Waals surface area (Å²) in [6.45, 7) is 0.757. The average Bonchev–Trinajstić information content (AvgIpc) is 2.52. The van der Waals surface area contributed by atoms with Gasteiger partial charge in [0.15, 0.2) is 0 Å². The van der Waals surface area contributed by atoms with Gasteiger partial charge in [0.1, 0.15) is 12.7 Å². The van der Waals surface area contributed by atoms with Gasteiger partial charge in [0.05, 0.1) is 11.9 Å². The van der Waals surface area contributed by atoms with E-state index in [1.54, 1.807) is 12.4 Å². The number of rotatable bonds is 7. The van der Waals surface area contributed by atoms with Crippen molar-refractivity contribution in [3.63, 3.8) is 0 Å². The maximum atomic E-state index is 9.80. The minimum atomic E-state index is -0.530. The fraction of sp³-hybridized carbons (Fsp3) is 0.600. The van der Waals surface area contributed by atoms with Crippen LogP contribution < -0.4 is 5.32 Å². The van der Waals surface area contributed by atoms with Crippen molar-refractivity contribution in [2.45, 2.75) is 44.2 Å². The van der Waals surface area contributed by atoms with Gasteiger partial charge in [-0.1, -0.05) is 30.5 Å². The third kappa shape index (κ3) is 5.67. The SMILES string of the molecule is OC(CNC1CCCCC1)CO/N=C/c1ccccn1. The van der Waals surface area contributed by atoms with Crippen LogP contribution >= 0.6 is 0 Å². The zero-order valence-corrected chi connectivity index (χ0v) is 11.7. The van der Waals surface area contributed by atoms with Crippen molar-refractivity contribution in [2.24, 2.45) is 5.16 Å². The van der Waals surface area contributed by atoms with Crippen LogP contribution in [0.2, 0.25) is 0 Å². The van der Waals surface area contributed by atoms with E-state index in [0.29, 0.717) is 12.6 Å². The van der Waals surface area contributed by atoms with Crippen LogP contribution in [0.4, 0.5) is 0 Å². The van der Waals surface area contributed by atoms with Crippen molar-refractivity contribution < 1.29 is 9.94 Å². The molecule has 1 aliphatic carbocycles. The number of nitrogens with one attached hydrogen (secondary N) is 1. The number of nitrogens with zero attached hydrogens (tertiary/aromatic N) is 2. The topological polar surface area (TPSA) is 66.7 Å². The molecule has 5 nitrogen and oxygen atoms in total. The van der Waals surface area contributed by atoms with E-state index >= 15 is 0 Å². The first kappa shape index (κ1) is 14.9. The highest BCUT2D eigenvalue weighted by molar-refractivity contribution is 5.76. The largest absolute Gasteiger partial charge is 0.393 e. The molecule has 0 aliphatic heterocycles. The number of pyridine rings is 1. The number of hydrogen-bond acceptors (Lipinski definition) is 5. The summed E-state index contributed by atoms with van der Waals surface area (Å²) in [5.41, 5.74) is 0.738. The summed E-state index contributed by atoms with van der Waals surface area (Å²) in [5.74, 6) is 0. The van der Waals surface area contributed by atoms with Gasteiger partial charge in [-0.05, 0) is 25.0 Å².